The topological polar surface area (TPSA) is 37.4 Å². The van der Waals surface area contributed by atoms with Crippen molar-refractivity contribution in [3.63, 3.8) is 0 Å². The van der Waals surface area contributed by atoms with Crippen molar-refractivity contribution in [1.29, 1.82) is 0 Å². The van der Waals surface area contributed by atoms with Crippen molar-refractivity contribution in [2.45, 2.75) is 29.9 Å². The van der Waals surface area contributed by atoms with Crippen LogP contribution in [0.1, 0.15) is 18.1 Å². The molecule has 3 nitrogen and oxygen atoms in total. The minimum absolute atomic E-state index is 0.0394. The lowest BCUT2D eigenvalue weighted by Gasteiger charge is -2.29. The third-order valence-corrected chi connectivity index (χ3v) is 6.56. The average Bonchev–Trinajstić information content (AvgIpc) is 2.41. The standard InChI is InChI=1S/C13H17ClFNO2S2/c1-9-5-12(6-11(7-14)13(9)15)20(17,18)16-3-4-19-10(2)8-16/h5-6,10H,3-4,7-8H2,1-2H3. The van der Waals surface area contributed by atoms with Crippen LogP contribution in [0.5, 0.6) is 0 Å². The Labute approximate surface area is 128 Å². The van der Waals surface area contributed by atoms with Gasteiger partial charge in [-0.3, -0.25) is 0 Å². The Morgan fingerprint density at radius 3 is 2.80 bits per heavy atom. The van der Waals surface area contributed by atoms with Gasteiger partial charge in [-0.1, -0.05) is 6.92 Å². The van der Waals surface area contributed by atoms with E-state index in [-0.39, 0.29) is 21.6 Å². The zero-order valence-electron chi connectivity index (χ0n) is 11.4. The molecule has 1 heterocycles. The van der Waals surface area contributed by atoms with Crippen molar-refractivity contribution in [3.05, 3.63) is 29.1 Å². The van der Waals surface area contributed by atoms with E-state index >= 15 is 0 Å². The van der Waals surface area contributed by atoms with Gasteiger partial charge in [0.1, 0.15) is 5.82 Å². The Morgan fingerprint density at radius 2 is 2.20 bits per heavy atom. The molecule has 20 heavy (non-hydrogen) atoms. The van der Waals surface area contributed by atoms with Crippen molar-refractivity contribution in [2.24, 2.45) is 0 Å². The smallest absolute Gasteiger partial charge is 0.207 e. The van der Waals surface area contributed by atoms with Gasteiger partial charge in [0.25, 0.3) is 0 Å². The minimum atomic E-state index is -3.57. The lowest BCUT2D eigenvalue weighted by Crippen LogP contribution is -2.41. The predicted octanol–water partition coefficient (Wildman–Crippen LogP) is 3.00. The highest BCUT2D eigenvalue weighted by molar-refractivity contribution is 8.00. The first-order valence-corrected chi connectivity index (χ1v) is 9.35. The van der Waals surface area contributed by atoms with Crippen molar-refractivity contribution >= 4 is 33.4 Å². The third kappa shape index (κ3) is 3.13. The van der Waals surface area contributed by atoms with Crippen LogP contribution >= 0.6 is 23.4 Å². The molecule has 0 aromatic heterocycles. The van der Waals surface area contributed by atoms with E-state index in [0.29, 0.717) is 18.7 Å². The number of thioether (sulfide) groups is 1. The molecule has 112 valence electrons. The van der Waals surface area contributed by atoms with Crippen LogP contribution in [0.15, 0.2) is 17.0 Å². The van der Waals surface area contributed by atoms with E-state index < -0.39 is 15.8 Å². The fourth-order valence-corrected chi connectivity index (χ4v) is 5.29. The second kappa shape index (κ2) is 6.22. The number of halogens is 2. The second-order valence-electron chi connectivity index (χ2n) is 4.89. The maximum atomic E-state index is 13.8. The number of nitrogens with zero attached hydrogens (tertiary/aromatic N) is 1. The highest BCUT2D eigenvalue weighted by Crippen LogP contribution is 2.27. The molecule has 2 rings (SSSR count). The van der Waals surface area contributed by atoms with E-state index in [2.05, 4.69) is 0 Å². The first-order valence-electron chi connectivity index (χ1n) is 6.33. The van der Waals surface area contributed by atoms with Gasteiger partial charge in [-0.05, 0) is 24.6 Å². The van der Waals surface area contributed by atoms with Crippen molar-refractivity contribution < 1.29 is 12.8 Å². The highest BCUT2D eigenvalue weighted by Gasteiger charge is 2.29. The molecule has 1 aliphatic heterocycles. The van der Waals surface area contributed by atoms with E-state index in [1.807, 2.05) is 6.92 Å². The van der Waals surface area contributed by atoms with Gasteiger partial charge in [-0.25, -0.2) is 12.8 Å². The quantitative estimate of drug-likeness (QED) is 0.796. The summed E-state index contributed by atoms with van der Waals surface area (Å²) in [5.41, 5.74) is 0.533. The summed E-state index contributed by atoms with van der Waals surface area (Å²) in [4.78, 5) is 0.131. The zero-order chi connectivity index (χ0) is 14.9. The molecule has 0 spiro atoms. The maximum Gasteiger partial charge on any atom is 0.243 e. The summed E-state index contributed by atoms with van der Waals surface area (Å²) in [6.07, 6.45) is 0. The fourth-order valence-electron chi connectivity index (χ4n) is 2.21. The molecule has 0 bridgehead atoms. The lowest BCUT2D eigenvalue weighted by molar-refractivity contribution is 0.424. The fraction of sp³-hybridized carbons (Fsp3) is 0.538. The Morgan fingerprint density at radius 1 is 1.50 bits per heavy atom. The number of benzene rings is 1. The van der Waals surface area contributed by atoms with E-state index in [9.17, 15) is 12.8 Å². The van der Waals surface area contributed by atoms with Gasteiger partial charge in [0.05, 0.1) is 10.8 Å². The molecule has 1 fully saturated rings. The van der Waals surface area contributed by atoms with Gasteiger partial charge in [0, 0.05) is 29.7 Å². The highest BCUT2D eigenvalue weighted by atomic mass is 35.5. The lowest BCUT2D eigenvalue weighted by atomic mass is 10.1. The second-order valence-corrected chi connectivity index (χ2v) is 8.64. The van der Waals surface area contributed by atoms with Gasteiger partial charge in [-0.15, -0.1) is 11.6 Å². The predicted molar refractivity (Wildman–Crippen MR) is 81.4 cm³/mol. The zero-order valence-corrected chi connectivity index (χ0v) is 13.8. The molecule has 0 saturated carbocycles. The van der Waals surface area contributed by atoms with Crippen LogP contribution in [0.3, 0.4) is 0 Å². The summed E-state index contributed by atoms with van der Waals surface area (Å²) in [5.74, 6) is 0.312. The van der Waals surface area contributed by atoms with Crippen LogP contribution < -0.4 is 0 Å². The molecule has 1 aromatic rings. The van der Waals surface area contributed by atoms with Crippen molar-refractivity contribution in [1.82, 2.24) is 4.31 Å². The summed E-state index contributed by atoms with van der Waals surface area (Å²) in [7, 11) is -3.57. The number of hydrogen-bond donors (Lipinski definition) is 0. The summed E-state index contributed by atoms with van der Waals surface area (Å²) in [5, 5.41) is 0.271. The van der Waals surface area contributed by atoms with Crippen LogP contribution in [-0.2, 0) is 15.9 Å². The first kappa shape index (κ1) is 16.1. The van der Waals surface area contributed by atoms with Crippen LogP contribution in [0.4, 0.5) is 4.39 Å². The monoisotopic (exact) mass is 337 g/mol. The molecule has 1 atom stereocenters. The number of aryl methyl sites for hydroxylation is 1. The summed E-state index contributed by atoms with van der Waals surface area (Å²) < 4.78 is 40.5. The Kier molecular flexibility index (Phi) is 5.00. The van der Waals surface area contributed by atoms with E-state index in [4.69, 9.17) is 11.6 Å². The molecule has 1 aliphatic rings. The van der Waals surface area contributed by atoms with E-state index in [0.717, 1.165) is 5.75 Å². The maximum absolute atomic E-state index is 13.8. The summed E-state index contributed by atoms with van der Waals surface area (Å²) in [6.45, 7) is 4.54. The SMILES string of the molecule is Cc1cc(S(=O)(=O)N2CCSC(C)C2)cc(CCl)c1F. The largest absolute Gasteiger partial charge is 0.243 e. The minimum Gasteiger partial charge on any atom is -0.207 e. The van der Waals surface area contributed by atoms with Gasteiger partial charge < -0.3 is 0 Å². The molecule has 0 N–H and O–H groups in total. The van der Waals surface area contributed by atoms with Gasteiger partial charge in [0.2, 0.25) is 10.0 Å². The number of alkyl halides is 1. The van der Waals surface area contributed by atoms with Crippen LogP contribution in [0.25, 0.3) is 0 Å². The van der Waals surface area contributed by atoms with Crippen LogP contribution in [0.2, 0.25) is 0 Å². The molecule has 1 unspecified atom stereocenters. The molecule has 0 amide bonds. The van der Waals surface area contributed by atoms with Crippen LogP contribution in [0, 0.1) is 12.7 Å². The van der Waals surface area contributed by atoms with Gasteiger partial charge in [0.15, 0.2) is 0 Å². The Balaban J connectivity index is 2.41. The summed E-state index contributed by atoms with van der Waals surface area (Å²) in [6, 6.07) is 2.73. The van der Waals surface area contributed by atoms with E-state index in [1.54, 1.807) is 18.7 Å². The number of hydrogen-bond acceptors (Lipinski definition) is 3. The van der Waals surface area contributed by atoms with Crippen molar-refractivity contribution in [3.8, 4) is 0 Å². The summed E-state index contributed by atoms with van der Waals surface area (Å²) >= 11 is 7.44. The van der Waals surface area contributed by atoms with Crippen LogP contribution in [-0.4, -0.2) is 36.8 Å². The van der Waals surface area contributed by atoms with Gasteiger partial charge >= 0.3 is 0 Å². The molecule has 1 saturated heterocycles. The first-order chi connectivity index (χ1) is 9.36. The van der Waals surface area contributed by atoms with E-state index in [1.165, 1.54) is 16.4 Å². The Bertz CT molecular complexity index is 607. The normalized spacial score (nSPS) is 21.1. The third-order valence-electron chi connectivity index (χ3n) is 3.29. The molecule has 7 heteroatoms. The Hall–Kier alpha value is -0.300. The molecular formula is C13H17ClFNO2S2. The molecule has 1 aromatic carbocycles. The molecule has 0 aliphatic carbocycles. The van der Waals surface area contributed by atoms with Gasteiger partial charge in [-0.2, -0.15) is 16.1 Å². The average molecular weight is 338 g/mol. The molecular weight excluding hydrogens is 321 g/mol. The number of sulfonamides is 1. The molecule has 0 radical (unpaired) electrons. The number of rotatable bonds is 3. The van der Waals surface area contributed by atoms with Crippen molar-refractivity contribution in [2.75, 3.05) is 18.8 Å².